The van der Waals surface area contributed by atoms with E-state index in [1.54, 1.807) is 0 Å². The highest BCUT2D eigenvalue weighted by Crippen LogP contribution is 2.78. The minimum atomic E-state index is -0.860. The van der Waals surface area contributed by atoms with Crippen molar-refractivity contribution in [2.24, 2.45) is 73.9 Å². The molecular weight excluding hydrogens is 631 g/mol. The Kier molecular flexibility index (Phi) is 9.78. The fourth-order valence-electron chi connectivity index (χ4n) is 15.6. The molecule has 0 aromatic carbocycles. The van der Waals surface area contributed by atoms with Crippen LogP contribution in [0.5, 0.6) is 0 Å². The van der Waals surface area contributed by atoms with E-state index in [1.807, 2.05) is 13.8 Å². The number of hydrogen-bond acceptors (Lipinski definition) is 4. The molecule has 6 aliphatic carbocycles. The Bertz CT molecular complexity index is 1360. The van der Waals surface area contributed by atoms with Gasteiger partial charge < -0.3 is 14.7 Å². The topological polar surface area (TPSA) is 66.8 Å². The van der Waals surface area contributed by atoms with Crippen molar-refractivity contribution < 1.29 is 19.4 Å². The first kappa shape index (κ1) is 37.9. The Hall–Kier alpha value is -1.36. The maximum atomic E-state index is 13.3. The van der Waals surface area contributed by atoms with Gasteiger partial charge in [-0.15, -0.1) is 0 Å². The van der Waals surface area contributed by atoms with Crippen LogP contribution in [0, 0.1) is 73.9 Å². The quantitative estimate of drug-likeness (QED) is 0.181. The van der Waals surface area contributed by atoms with Gasteiger partial charge in [0.05, 0.1) is 12.8 Å². The molecule has 0 radical (unpaired) electrons. The van der Waals surface area contributed by atoms with Crippen LogP contribution in [-0.4, -0.2) is 47.7 Å². The Morgan fingerprint density at radius 3 is 2.12 bits per heavy atom. The number of hydrogen-bond donors (Lipinski definition) is 1. The third-order valence-electron chi connectivity index (χ3n) is 18.6. The van der Waals surface area contributed by atoms with E-state index in [2.05, 4.69) is 53.0 Å². The molecule has 0 aromatic rings. The first-order valence-electron chi connectivity index (χ1n) is 21.6. The second-order valence-corrected chi connectivity index (χ2v) is 22.1. The van der Waals surface area contributed by atoms with Gasteiger partial charge >= 0.3 is 11.9 Å². The molecule has 51 heavy (non-hydrogen) atoms. The van der Waals surface area contributed by atoms with Gasteiger partial charge in [-0.05, 0) is 191 Å². The van der Waals surface area contributed by atoms with Crippen molar-refractivity contribution in [3.63, 3.8) is 0 Å². The number of carboxylic acids is 1. The van der Waals surface area contributed by atoms with Gasteiger partial charge in [-0.3, -0.25) is 9.59 Å². The molecule has 6 saturated carbocycles. The van der Waals surface area contributed by atoms with Gasteiger partial charge in [0.2, 0.25) is 0 Å². The molecule has 10 atom stereocenters. The molecule has 5 heteroatoms. The SMILES string of the molecule is C=C(C)[C@@H]1CC[C@]2(CCN3CCC(C4CC4)CC3)CC[C@]3(C)[C@H](CC[C@@H]4[C@@]5(C)CC[C@H](OC(=O)CC(C)(C)CC(=O)O)C(C)(C)[C@@H]5CC[C@]43C)[C@@H]12. The molecule has 1 saturated heterocycles. The van der Waals surface area contributed by atoms with Gasteiger partial charge in [-0.2, -0.15) is 0 Å². The van der Waals surface area contributed by atoms with Crippen LogP contribution in [0.15, 0.2) is 12.2 Å². The summed E-state index contributed by atoms with van der Waals surface area (Å²) in [5, 5.41) is 9.36. The monoisotopic (exact) mass is 706 g/mol. The van der Waals surface area contributed by atoms with E-state index in [-0.39, 0.29) is 35.7 Å². The average molecular weight is 706 g/mol. The minimum absolute atomic E-state index is 0.0227. The van der Waals surface area contributed by atoms with Crippen LogP contribution in [0.2, 0.25) is 0 Å². The van der Waals surface area contributed by atoms with E-state index in [0.717, 1.165) is 36.5 Å². The highest BCUT2D eigenvalue weighted by atomic mass is 16.5. The zero-order valence-electron chi connectivity index (χ0n) is 34.1. The predicted octanol–water partition coefficient (Wildman–Crippen LogP) is 11.0. The molecule has 0 spiro atoms. The van der Waals surface area contributed by atoms with Crippen molar-refractivity contribution in [2.75, 3.05) is 19.6 Å². The Morgan fingerprint density at radius 2 is 1.47 bits per heavy atom. The number of carbonyl (C=O) groups is 2. The number of allylic oxidation sites excluding steroid dienone is 1. The fourth-order valence-corrected chi connectivity index (χ4v) is 15.6. The molecule has 7 aliphatic rings. The molecule has 7 rings (SSSR count). The molecular formula is C46H75NO4. The van der Waals surface area contributed by atoms with E-state index >= 15 is 0 Å². The summed E-state index contributed by atoms with van der Waals surface area (Å²) < 4.78 is 6.32. The van der Waals surface area contributed by atoms with Crippen LogP contribution in [0.4, 0.5) is 0 Å². The van der Waals surface area contributed by atoms with Gasteiger partial charge in [-0.1, -0.05) is 60.6 Å². The number of ether oxygens (including phenoxy) is 1. The highest BCUT2D eigenvalue weighted by Gasteiger charge is 2.71. The van der Waals surface area contributed by atoms with E-state index in [1.165, 1.54) is 109 Å². The first-order chi connectivity index (χ1) is 23.9. The minimum Gasteiger partial charge on any atom is -0.481 e. The van der Waals surface area contributed by atoms with E-state index < -0.39 is 11.4 Å². The molecule has 0 aromatic heterocycles. The van der Waals surface area contributed by atoms with Crippen molar-refractivity contribution in [3.05, 3.63) is 12.2 Å². The predicted molar refractivity (Wildman–Crippen MR) is 206 cm³/mol. The lowest BCUT2D eigenvalue weighted by Crippen LogP contribution is -2.66. The summed E-state index contributed by atoms with van der Waals surface area (Å²) in [4.78, 5) is 27.5. The molecule has 1 N–H and O–H groups in total. The van der Waals surface area contributed by atoms with Crippen LogP contribution in [0.1, 0.15) is 165 Å². The summed E-state index contributed by atoms with van der Waals surface area (Å²) in [5.74, 6) is 4.48. The van der Waals surface area contributed by atoms with Crippen LogP contribution < -0.4 is 0 Å². The lowest BCUT2D eigenvalue weighted by Gasteiger charge is -2.73. The van der Waals surface area contributed by atoms with Gasteiger partial charge in [-0.25, -0.2) is 0 Å². The lowest BCUT2D eigenvalue weighted by molar-refractivity contribution is -0.250. The maximum absolute atomic E-state index is 13.3. The van der Waals surface area contributed by atoms with Crippen LogP contribution in [-0.2, 0) is 14.3 Å². The van der Waals surface area contributed by atoms with Crippen LogP contribution in [0.3, 0.4) is 0 Å². The van der Waals surface area contributed by atoms with Crippen molar-refractivity contribution in [3.8, 4) is 0 Å². The van der Waals surface area contributed by atoms with E-state index in [9.17, 15) is 14.7 Å². The van der Waals surface area contributed by atoms with Gasteiger partial charge in [0.25, 0.3) is 0 Å². The number of esters is 1. The summed E-state index contributed by atoms with van der Waals surface area (Å²) in [6.07, 6.45) is 20.2. The fraction of sp³-hybridized carbons (Fsp3) is 0.913. The molecule has 5 nitrogen and oxygen atoms in total. The standard InChI is InChI=1S/C46H75NO4/c1-30(2)33-14-21-46(24-27-47-25-17-32(18-26-47)31-10-11-31)23-22-44(8)34(40(33)46)12-13-36-43(7)19-16-37(42(5,6)35(43)15-20-45(36,44)9)51-39(50)29-41(3,4)28-38(48)49/h31-37,40H,1,10-29H2,2-9H3,(H,48,49)/t33-,34+,35-,36+,37-,40+,43-,44+,45+,46+/m0/s1. The normalized spacial score (nSPS) is 44.1. The van der Waals surface area contributed by atoms with Gasteiger partial charge in [0, 0.05) is 5.41 Å². The number of fused-ring (bicyclic) bond motifs is 7. The van der Waals surface area contributed by atoms with Gasteiger partial charge in [0.1, 0.15) is 6.10 Å². The highest BCUT2D eigenvalue weighted by molar-refractivity contribution is 5.73. The van der Waals surface area contributed by atoms with Gasteiger partial charge in [0.15, 0.2) is 0 Å². The summed E-state index contributed by atoms with van der Waals surface area (Å²) in [6, 6.07) is 0. The van der Waals surface area contributed by atoms with Crippen LogP contribution in [0.25, 0.3) is 0 Å². The third kappa shape index (κ3) is 6.39. The number of nitrogens with zero attached hydrogens (tertiary/aromatic N) is 1. The maximum Gasteiger partial charge on any atom is 0.306 e. The largest absolute Gasteiger partial charge is 0.481 e. The summed E-state index contributed by atoms with van der Waals surface area (Å²) in [7, 11) is 0. The Labute approximate surface area is 311 Å². The number of carboxylic acid groups (broad SMARTS) is 1. The summed E-state index contributed by atoms with van der Waals surface area (Å²) >= 11 is 0. The second kappa shape index (κ2) is 13.1. The first-order valence-corrected chi connectivity index (χ1v) is 21.6. The third-order valence-corrected chi connectivity index (χ3v) is 18.6. The van der Waals surface area contributed by atoms with Crippen molar-refractivity contribution in [1.82, 2.24) is 4.90 Å². The summed E-state index contributed by atoms with van der Waals surface area (Å²) in [5.41, 5.74) is 2.14. The van der Waals surface area contributed by atoms with Crippen molar-refractivity contribution in [1.29, 1.82) is 0 Å². The molecule has 1 heterocycles. The zero-order valence-corrected chi connectivity index (χ0v) is 34.1. The number of piperidine rings is 1. The zero-order chi connectivity index (χ0) is 36.8. The van der Waals surface area contributed by atoms with Crippen LogP contribution >= 0.6 is 0 Å². The number of aliphatic carboxylic acids is 1. The Balaban J connectivity index is 1.08. The Morgan fingerprint density at radius 1 is 0.784 bits per heavy atom. The summed E-state index contributed by atoms with van der Waals surface area (Å²) in [6.45, 7) is 27.7. The second-order valence-electron chi connectivity index (χ2n) is 22.1. The number of carbonyl (C=O) groups excluding carboxylic acids is 1. The van der Waals surface area contributed by atoms with E-state index in [4.69, 9.17) is 4.74 Å². The molecule has 1 aliphatic heterocycles. The number of likely N-dealkylation sites (tertiary alicyclic amines) is 1. The lowest BCUT2D eigenvalue weighted by atomic mass is 9.32. The number of rotatable bonds is 10. The molecule has 0 unspecified atom stereocenters. The molecule has 288 valence electrons. The average Bonchev–Trinajstić information content (AvgIpc) is 3.81. The van der Waals surface area contributed by atoms with Crippen molar-refractivity contribution in [2.45, 2.75) is 171 Å². The van der Waals surface area contributed by atoms with Crippen molar-refractivity contribution >= 4 is 11.9 Å². The molecule has 0 bridgehead atoms. The molecule has 0 amide bonds. The molecule has 7 fully saturated rings. The smallest absolute Gasteiger partial charge is 0.306 e. The van der Waals surface area contributed by atoms with E-state index in [0.29, 0.717) is 34.0 Å².